The summed E-state index contributed by atoms with van der Waals surface area (Å²) < 4.78 is 6.35. The molecule has 1 spiro atoms. The number of fused-ring (bicyclic) bond motifs is 1. The van der Waals surface area contributed by atoms with Gasteiger partial charge in [-0.1, -0.05) is 19.1 Å². The predicted octanol–water partition coefficient (Wildman–Crippen LogP) is 3.71. The Balaban J connectivity index is 1.12. The van der Waals surface area contributed by atoms with Gasteiger partial charge < -0.3 is 25.6 Å². The highest BCUT2D eigenvalue weighted by atomic mass is 16.5. The maximum atomic E-state index is 11.8. The summed E-state index contributed by atoms with van der Waals surface area (Å²) in [6.45, 7) is 8.53. The van der Waals surface area contributed by atoms with Crippen molar-refractivity contribution in [3.8, 4) is 5.88 Å². The van der Waals surface area contributed by atoms with Crippen LogP contribution >= 0.6 is 0 Å². The smallest absolute Gasteiger partial charge is 0.252 e. The van der Waals surface area contributed by atoms with Crippen LogP contribution in [0, 0.1) is 5.41 Å². The molecule has 0 aromatic carbocycles. The average molecular weight is 506 g/mol. The monoisotopic (exact) mass is 505 g/mol. The van der Waals surface area contributed by atoms with E-state index in [0.29, 0.717) is 17.1 Å². The van der Waals surface area contributed by atoms with Crippen LogP contribution in [0.2, 0.25) is 0 Å². The largest absolute Gasteiger partial charge is 0.474 e. The number of pyridine rings is 1. The summed E-state index contributed by atoms with van der Waals surface area (Å²) in [4.78, 5) is 21.8. The Morgan fingerprint density at radius 1 is 1.14 bits per heavy atom. The van der Waals surface area contributed by atoms with E-state index in [9.17, 15) is 4.79 Å². The lowest BCUT2D eigenvalue weighted by atomic mass is 9.67. The molecule has 2 aliphatic carbocycles. The molecule has 5 rings (SSSR count). The summed E-state index contributed by atoms with van der Waals surface area (Å²) in [5.74, 6) is 0.624. The molecule has 3 fully saturated rings. The van der Waals surface area contributed by atoms with Crippen LogP contribution in [0.3, 0.4) is 0 Å². The van der Waals surface area contributed by atoms with E-state index in [0.717, 1.165) is 69.2 Å². The van der Waals surface area contributed by atoms with Crippen molar-refractivity contribution >= 4 is 5.91 Å². The van der Waals surface area contributed by atoms with Gasteiger partial charge in [-0.25, -0.2) is 4.98 Å². The zero-order valence-electron chi connectivity index (χ0n) is 22.4. The fourth-order valence-corrected chi connectivity index (χ4v) is 6.45. The van der Waals surface area contributed by atoms with Crippen LogP contribution in [0.5, 0.6) is 5.88 Å². The number of hydrogen-bond acceptors (Lipinski definition) is 6. The van der Waals surface area contributed by atoms with E-state index in [1.54, 1.807) is 13.1 Å². The maximum Gasteiger partial charge on any atom is 0.252 e. The number of nitrogens with zero attached hydrogens (tertiary/aromatic N) is 3. The molecular weight excluding hydrogens is 462 g/mol. The number of amides is 1. The fraction of sp³-hybridized carbons (Fsp3) is 0.600. The van der Waals surface area contributed by atoms with E-state index < -0.39 is 0 Å². The fourth-order valence-electron chi connectivity index (χ4n) is 6.45. The van der Waals surface area contributed by atoms with Crippen molar-refractivity contribution in [1.29, 1.82) is 0 Å². The number of piperidine rings is 2. The highest BCUT2D eigenvalue weighted by Gasteiger charge is 2.38. The first kappa shape index (κ1) is 25.8. The minimum Gasteiger partial charge on any atom is -0.474 e. The van der Waals surface area contributed by atoms with Gasteiger partial charge in [0.25, 0.3) is 5.91 Å². The molecule has 0 radical (unpaired) electrons. The van der Waals surface area contributed by atoms with Crippen LogP contribution in [-0.4, -0.2) is 66.1 Å². The molecular formula is C30H43N5O2. The Bertz CT molecular complexity index is 1040. The number of rotatable bonds is 7. The molecule has 0 unspecified atom stereocenters. The molecule has 200 valence electrons. The summed E-state index contributed by atoms with van der Waals surface area (Å²) >= 11 is 0. The number of allylic oxidation sites excluding steroid dienone is 1. The van der Waals surface area contributed by atoms with Gasteiger partial charge in [0, 0.05) is 62.9 Å². The normalized spacial score (nSPS) is 23.1. The molecule has 3 N–H and O–H groups in total. The second-order valence-corrected chi connectivity index (χ2v) is 11.4. The van der Waals surface area contributed by atoms with Crippen LogP contribution in [0.25, 0.3) is 0 Å². The highest BCUT2D eigenvalue weighted by molar-refractivity contribution is 5.95. The quantitative estimate of drug-likeness (QED) is 0.434. The first-order chi connectivity index (χ1) is 18.0. The molecule has 4 aliphatic rings. The van der Waals surface area contributed by atoms with Crippen molar-refractivity contribution < 1.29 is 9.53 Å². The Morgan fingerprint density at radius 3 is 2.54 bits per heavy atom. The molecule has 1 aromatic heterocycles. The molecule has 0 atom stereocenters. The summed E-state index contributed by atoms with van der Waals surface area (Å²) in [5.41, 5.74) is 9.94. The number of hydrogen-bond donors (Lipinski definition) is 2. The molecule has 7 heteroatoms. The zero-order valence-corrected chi connectivity index (χ0v) is 22.4. The third-order valence-corrected chi connectivity index (χ3v) is 9.21. The average Bonchev–Trinajstić information content (AvgIpc) is 2.89. The van der Waals surface area contributed by atoms with Crippen LogP contribution in [0.1, 0.15) is 62.6 Å². The molecule has 0 bridgehead atoms. The molecule has 1 amide bonds. The van der Waals surface area contributed by atoms with Gasteiger partial charge in [-0.05, 0) is 80.9 Å². The first-order valence-electron chi connectivity index (χ1n) is 14.1. The summed E-state index contributed by atoms with van der Waals surface area (Å²) in [7, 11) is 1.60. The number of aromatic nitrogens is 1. The van der Waals surface area contributed by atoms with Crippen molar-refractivity contribution in [3.05, 3.63) is 59.6 Å². The molecule has 3 heterocycles. The van der Waals surface area contributed by atoms with Gasteiger partial charge in [0.2, 0.25) is 5.88 Å². The van der Waals surface area contributed by atoms with Gasteiger partial charge in [-0.2, -0.15) is 0 Å². The number of nitrogens with one attached hydrogen (secondary N) is 1. The van der Waals surface area contributed by atoms with Gasteiger partial charge in [0.1, 0.15) is 6.10 Å². The number of likely N-dealkylation sites (tertiary alicyclic amines) is 2. The van der Waals surface area contributed by atoms with Gasteiger partial charge in [-0.3, -0.25) is 4.79 Å². The lowest BCUT2D eigenvalue weighted by Crippen LogP contribution is -2.46. The van der Waals surface area contributed by atoms with E-state index in [1.807, 2.05) is 6.08 Å². The predicted molar refractivity (Wildman–Crippen MR) is 147 cm³/mol. The Hall–Kier alpha value is -2.80. The number of aryl methyl sites for hydroxylation is 1. The van der Waals surface area contributed by atoms with E-state index in [-0.39, 0.29) is 5.91 Å². The minimum atomic E-state index is -0.193. The SMILES string of the molecule is C=C(/C=C\C(=C/N)C(=O)NC)N1CCC2(CCc3nc(OC4CCN(C5CCC5)CC4)ccc3C2)CC1. The highest BCUT2D eigenvalue weighted by Crippen LogP contribution is 2.44. The van der Waals surface area contributed by atoms with Crippen molar-refractivity contribution in [2.24, 2.45) is 11.1 Å². The van der Waals surface area contributed by atoms with Gasteiger partial charge >= 0.3 is 0 Å². The van der Waals surface area contributed by atoms with E-state index in [4.69, 9.17) is 15.5 Å². The number of carbonyl (C=O) groups excluding carboxylic acids is 1. The maximum absolute atomic E-state index is 11.8. The molecule has 37 heavy (non-hydrogen) atoms. The Morgan fingerprint density at radius 2 is 1.89 bits per heavy atom. The summed E-state index contributed by atoms with van der Waals surface area (Å²) in [5, 5.41) is 2.60. The van der Waals surface area contributed by atoms with Crippen LogP contribution < -0.4 is 15.8 Å². The van der Waals surface area contributed by atoms with Crippen LogP contribution in [0.4, 0.5) is 0 Å². The molecule has 1 aromatic rings. The van der Waals surface area contributed by atoms with Gasteiger partial charge in [0.05, 0.1) is 5.57 Å². The van der Waals surface area contributed by atoms with Gasteiger partial charge in [0.15, 0.2) is 0 Å². The van der Waals surface area contributed by atoms with Crippen molar-refractivity contribution in [2.75, 3.05) is 33.2 Å². The van der Waals surface area contributed by atoms with Crippen LogP contribution in [0.15, 0.2) is 48.3 Å². The van der Waals surface area contributed by atoms with E-state index in [2.05, 4.69) is 33.8 Å². The van der Waals surface area contributed by atoms with Crippen LogP contribution in [-0.2, 0) is 17.6 Å². The third-order valence-electron chi connectivity index (χ3n) is 9.21. The Kier molecular flexibility index (Phi) is 7.89. The first-order valence-corrected chi connectivity index (χ1v) is 14.1. The molecule has 7 nitrogen and oxygen atoms in total. The second-order valence-electron chi connectivity index (χ2n) is 11.4. The standard InChI is InChI=1S/C30H43N5O2/c1-22(6-7-24(21-31)29(36)32-2)34-18-14-30(15-19-34)13-10-27-23(20-30)8-9-28(33-27)37-26-11-16-35(17-12-26)25-4-3-5-25/h6-9,21,25-26H,1,3-5,10-20,31H2,2H3,(H,32,36)/b7-6-,24-21+. The number of likely N-dealkylation sites (N-methyl/N-ethyl adjacent to an activating group) is 1. The zero-order chi connectivity index (χ0) is 25.8. The van der Waals surface area contributed by atoms with E-state index in [1.165, 1.54) is 56.2 Å². The Labute approximate surface area is 221 Å². The number of ether oxygens (including phenoxy) is 1. The molecule has 2 aliphatic heterocycles. The second kappa shape index (κ2) is 11.3. The summed E-state index contributed by atoms with van der Waals surface area (Å²) in [6, 6.07) is 5.22. The van der Waals surface area contributed by atoms with E-state index >= 15 is 0 Å². The lowest BCUT2D eigenvalue weighted by Gasteiger charge is -2.45. The van der Waals surface area contributed by atoms with Crippen molar-refractivity contribution in [2.45, 2.75) is 76.4 Å². The number of nitrogens with two attached hydrogens (primary N) is 1. The van der Waals surface area contributed by atoms with Gasteiger partial charge in [-0.15, -0.1) is 0 Å². The topological polar surface area (TPSA) is 83.7 Å². The number of carbonyl (C=O) groups is 1. The summed E-state index contributed by atoms with van der Waals surface area (Å²) in [6.07, 6.45) is 17.3. The van der Waals surface area contributed by atoms with Crippen molar-refractivity contribution in [3.63, 3.8) is 0 Å². The molecule has 2 saturated heterocycles. The molecule has 1 saturated carbocycles. The third kappa shape index (κ3) is 5.87. The lowest BCUT2D eigenvalue weighted by molar-refractivity contribution is -0.116. The minimum absolute atomic E-state index is 0.193. The van der Waals surface area contributed by atoms with Crippen molar-refractivity contribution in [1.82, 2.24) is 20.1 Å².